The molecule has 22 heavy (non-hydrogen) atoms. The third-order valence-electron chi connectivity index (χ3n) is 4.50. The van der Waals surface area contributed by atoms with Gasteiger partial charge < -0.3 is 9.30 Å². The summed E-state index contributed by atoms with van der Waals surface area (Å²) in [5, 5.41) is 0. The minimum absolute atomic E-state index is 0.333. The van der Waals surface area contributed by atoms with Gasteiger partial charge >= 0.3 is 0 Å². The number of hydrogen-bond donors (Lipinski definition) is 0. The Hall–Kier alpha value is -1.81. The van der Waals surface area contributed by atoms with Gasteiger partial charge in [-0.15, -0.1) is 0 Å². The summed E-state index contributed by atoms with van der Waals surface area (Å²) >= 11 is 0. The highest BCUT2D eigenvalue weighted by molar-refractivity contribution is 5.27. The molecule has 4 nitrogen and oxygen atoms in total. The van der Waals surface area contributed by atoms with E-state index in [9.17, 15) is 0 Å². The van der Waals surface area contributed by atoms with Crippen LogP contribution in [0.2, 0.25) is 0 Å². The van der Waals surface area contributed by atoms with Crippen LogP contribution in [-0.2, 0) is 6.54 Å². The number of hydrogen-bond acceptors (Lipinski definition) is 3. The Balaban J connectivity index is 1.42. The van der Waals surface area contributed by atoms with Gasteiger partial charge in [-0.3, -0.25) is 4.90 Å². The zero-order valence-corrected chi connectivity index (χ0v) is 13.7. The molecule has 0 unspecified atom stereocenters. The fraction of sp³-hybridized carbons (Fsp3) is 0.500. The summed E-state index contributed by atoms with van der Waals surface area (Å²) in [5.74, 6) is 2.09. The number of ether oxygens (including phenoxy) is 1. The zero-order chi connectivity index (χ0) is 15.5. The average Bonchev–Trinajstić information content (AvgIpc) is 2.85. The number of benzene rings is 1. The molecule has 0 amide bonds. The Morgan fingerprint density at radius 1 is 1.32 bits per heavy atom. The first kappa shape index (κ1) is 15.1. The summed E-state index contributed by atoms with van der Waals surface area (Å²) in [6.45, 7) is 9.54. The van der Waals surface area contributed by atoms with Crippen molar-refractivity contribution < 1.29 is 4.74 Å². The summed E-state index contributed by atoms with van der Waals surface area (Å²) in [7, 11) is 0. The van der Waals surface area contributed by atoms with Gasteiger partial charge in [0.05, 0.1) is 0 Å². The fourth-order valence-corrected chi connectivity index (χ4v) is 2.93. The van der Waals surface area contributed by atoms with Crippen molar-refractivity contribution in [3.05, 3.63) is 48.0 Å². The lowest BCUT2D eigenvalue weighted by molar-refractivity contribution is -0.00751. The van der Waals surface area contributed by atoms with Crippen molar-refractivity contribution in [2.45, 2.75) is 45.9 Å². The van der Waals surface area contributed by atoms with E-state index in [2.05, 4.69) is 59.6 Å². The van der Waals surface area contributed by atoms with E-state index < -0.39 is 0 Å². The summed E-state index contributed by atoms with van der Waals surface area (Å²) in [6.07, 6.45) is 5.41. The normalized spacial score (nSPS) is 17.2. The molecule has 0 spiro atoms. The van der Waals surface area contributed by atoms with Crippen molar-refractivity contribution in [3.8, 4) is 5.75 Å². The maximum Gasteiger partial charge on any atom is 0.124 e. The first-order valence-electron chi connectivity index (χ1n) is 8.07. The molecule has 1 saturated heterocycles. The van der Waals surface area contributed by atoms with Crippen molar-refractivity contribution in [2.24, 2.45) is 0 Å². The predicted octanol–water partition coefficient (Wildman–Crippen LogP) is 3.04. The van der Waals surface area contributed by atoms with Gasteiger partial charge in [0.2, 0.25) is 0 Å². The lowest BCUT2D eigenvalue weighted by Crippen LogP contribution is -2.57. The highest BCUT2D eigenvalue weighted by Gasteiger charge is 2.31. The second-order valence-electron chi connectivity index (χ2n) is 6.32. The molecule has 118 valence electrons. The molecule has 0 saturated carbocycles. The van der Waals surface area contributed by atoms with Gasteiger partial charge in [0.1, 0.15) is 17.7 Å². The number of aromatic nitrogens is 2. The van der Waals surface area contributed by atoms with Crippen LogP contribution in [-0.4, -0.2) is 39.7 Å². The van der Waals surface area contributed by atoms with E-state index in [1.54, 1.807) is 0 Å². The van der Waals surface area contributed by atoms with Gasteiger partial charge in [-0.25, -0.2) is 4.98 Å². The molecule has 1 fully saturated rings. The van der Waals surface area contributed by atoms with E-state index in [0.717, 1.165) is 37.6 Å². The monoisotopic (exact) mass is 299 g/mol. The largest absolute Gasteiger partial charge is 0.488 e. The zero-order valence-electron chi connectivity index (χ0n) is 13.7. The van der Waals surface area contributed by atoms with Crippen LogP contribution in [0.15, 0.2) is 36.7 Å². The molecule has 0 radical (unpaired) electrons. The van der Waals surface area contributed by atoms with Crippen molar-refractivity contribution in [1.29, 1.82) is 0 Å². The summed E-state index contributed by atoms with van der Waals surface area (Å²) in [4.78, 5) is 6.76. The predicted molar refractivity (Wildman–Crippen MR) is 88.2 cm³/mol. The van der Waals surface area contributed by atoms with E-state index in [0.29, 0.717) is 12.1 Å². The highest BCUT2D eigenvalue weighted by atomic mass is 16.5. The molecule has 1 atom stereocenters. The molecule has 0 aliphatic carbocycles. The molecule has 1 aromatic heterocycles. The molecule has 0 bridgehead atoms. The number of nitrogens with zero attached hydrogens (tertiary/aromatic N) is 3. The first-order valence-corrected chi connectivity index (χ1v) is 8.07. The molecule has 1 aliphatic heterocycles. The molecule has 2 heterocycles. The molecular formula is C18H25N3O. The molecule has 2 aromatic rings. The number of imidazole rings is 1. The maximum absolute atomic E-state index is 6.02. The average molecular weight is 299 g/mol. The molecular weight excluding hydrogens is 274 g/mol. The summed E-state index contributed by atoms with van der Waals surface area (Å²) in [5.41, 5.74) is 1.25. The van der Waals surface area contributed by atoms with Crippen LogP contribution in [0.25, 0.3) is 0 Å². The van der Waals surface area contributed by atoms with E-state index in [1.807, 2.05) is 12.3 Å². The SMILES string of the molecule is Cc1cccc(OC2CN([C@@H](C)CCn3ccnc3C)C2)c1. The second-order valence-corrected chi connectivity index (χ2v) is 6.32. The van der Waals surface area contributed by atoms with E-state index in [1.165, 1.54) is 5.56 Å². The number of likely N-dealkylation sites (tertiary alicyclic amines) is 1. The van der Waals surface area contributed by atoms with Crippen LogP contribution in [0.5, 0.6) is 5.75 Å². The maximum atomic E-state index is 6.02. The van der Waals surface area contributed by atoms with E-state index >= 15 is 0 Å². The van der Waals surface area contributed by atoms with Gasteiger partial charge in [0.15, 0.2) is 0 Å². The third-order valence-corrected chi connectivity index (χ3v) is 4.50. The Bertz CT molecular complexity index is 616. The smallest absolute Gasteiger partial charge is 0.124 e. The van der Waals surface area contributed by atoms with Crippen molar-refractivity contribution in [2.75, 3.05) is 13.1 Å². The minimum atomic E-state index is 0.333. The Kier molecular flexibility index (Phi) is 4.48. The van der Waals surface area contributed by atoms with Crippen LogP contribution in [0.1, 0.15) is 24.7 Å². The van der Waals surface area contributed by atoms with Crippen LogP contribution < -0.4 is 4.74 Å². The van der Waals surface area contributed by atoms with E-state index in [4.69, 9.17) is 4.74 Å². The Labute approximate surface area is 132 Å². The van der Waals surface area contributed by atoms with Crippen LogP contribution in [0.4, 0.5) is 0 Å². The van der Waals surface area contributed by atoms with Gasteiger partial charge in [0.25, 0.3) is 0 Å². The molecule has 1 aromatic carbocycles. The lowest BCUT2D eigenvalue weighted by atomic mass is 10.1. The Morgan fingerprint density at radius 2 is 2.14 bits per heavy atom. The standard InChI is InChI=1S/C18H25N3O/c1-14-5-4-6-17(11-14)22-18-12-21(13-18)15(2)7-9-20-10-8-19-16(20)3/h4-6,8,10-11,15,18H,7,9,12-13H2,1-3H3/t15-/m0/s1. The lowest BCUT2D eigenvalue weighted by Gasteiger charge is -2.43. The van der Waals surface area contributed by atoms with Gasteiger partial charge in [-0.05, 0) is 44.9 Å². The topological polar surface area (TPSA) is 30.3 Å². The number of rotatable bonds is 6. The highest BCUT2D eigenvalue weighted by Crippen LogP contribution is 2.21. The van der Waals surface area contributed by atoms with Gasteiger partial charge in [-0.2, -0.15) is 0 Å². The summed E-state index contributed by atoms with van der Waals surface area (Å²) in [6, 6.07) is 8.88. The van der Waals surface area contributed by atoms with Crippen molar-refractivity contribution >= 4 is 0 Å². The molecule has 3 rings (SSSR count). The Morgan fingerprint density at radius 3 is 2.82 bits per heavy atom. The first-order chi connectivity index (χ1) is 10.6. The quantitative estimate of drug-likeness (QED) is 0.821. The van der Waals surface area contributed by atoms with Crippen LogP contribution in [0, 0.1) is 13.8 Å². The fourth-order valence-electron chi connectivity index (χ4n) is 2.93. The van der Waals surface area contributed by atoms with Crippen molar-refractivity contribution in [1.82, 2.24) is 14.5 Å². The van der Waals surface area contributed by atoms with Crippen LogP contribution >= 0.6 is 0 Å². The van der Waals surface area contributed by atoms with Crippen LogP contribution in [0.3, 0.4) is 0 Å². The van der Waals surface area contributed by atoms with Gasteiger partial charge in [-0.1, -0.05) is 12.1 Å². The minimum Gasteiger partial charge on any atom is -0.488 e. The summed E-state index contributed by atoms with van der Waals surface area (Å²) < 4.78 is 8.24. The molecule has 1 aliphatic rings. The third kappa shape index (κ3) is 3.50. The van der Waals surface area contributed by atoms with Gasteiger partial charge in [0, 0.05) is 38.1 Å². The van der Waals surface area contributed by atoms with E-state index in [-0.39, 0.29) is 0 Å². The second kappa shape index (κ2) is 6.53. The molecule has 4 heteroatoms. The van der Waals surface area contributed by atoms with Crippen molar-refractivity contribution in [3.63, 3.8) is 0 Å². The molecule has 0 N–H and O–H groups in total. The number of aryl methyl sites for hydroxylation is 3.